The Kier molecular flexibility index (Phi) is 9.21. The zero-order valence-electron chi connectivity index (χ0n) is 18.7. The van der Waals surface area contributed by atoms with Gasteiger partial charge in [0.15, 0.2) is 6.61 Å². The van der Waals surface area contributed by atoms with E-state index >= 15 is 0 Å². The fourth-order valence-corrected chi connectivity index (χ4v) is 3.87. The first kappa shape index (κ1) is 24.7. The van der Waals surface area contributed by atoms with Gasteiger partial charge in [-0.3, -0.25) is 9.59 Å². The van der Waals surface area contributed by atoms with Crippen LogP contribution in [0.1, 0.15) is 31.7 Å². The van der Waals surface area contributed by atoms with E-state index in [0.717, 1.165) is 29.0 Å². The van der Waals surface area contributed by atoms with Crippen LogP contribution in [0.5, 0.6) is 5.75 Å². The van der Waals surface area contributed by atoms with Crippen molar-refractivity contribution < 1.29 is 14.3 Å². The van der Waals surface area contributed by atoms with Crippen LogP contribution in [0.25, 0.3) is 10.6 Å². The number of aromatic nitrogens is 2. The first-order chi connectivity index (χ1) is 15.9. The van der Waals surface area contributed by atoms with E-state index in [-0.39, 0.29) is 24.8 Å². The Bertz CT molecular complexity index is 1050. The second kappa shape index (κ2) is 12.3. The lowest BCUT2D eigenvalue weighted by molar-refractivity contribution is -0.133. The molecular formula is C24H27ClN4O3S. The zero-order valence-corrected chi connectivity index (χ0v) is 20.3. The molecule has 2 amide bonds. The van der Waals surface area contributed by atoms with Crippen LogP contribution in [0.4, 0.5) is 5.13 Å². The summed E-state index contributed by atoms with van der Waals surface area (Å²) >= 11 is 7.19. The van der Waals surface area contributed by atoms with Crippen molar-refractivity contribution in [2.75, 3.05) is 25.0 Å². The largest absolute Gasteiger partial charge is 0.484 e. The van der Waals surface area contributed by atoms with E-state index in [4.69, 9.17) is 16.3 Å². The molecule has 1 aromatic heterocycles. The van der Waals surface area contributed by atoms with Gasteiger partial charge in [0, 0.05) is 30.1 Å². The first-order valence-corrected chi connectivity index (χ1v) is 12.0. The molecule has 33 heavy (non-hydrogen) atoms. The monoisotopic (exact) mass is 486 g/mol. The highest BCUT2D eigenvalue weighted by molar-refractivity contribution is 7.18. The van der Waals surface area contributed by atoms with Crippen molar-refractivity contribution in [1.82, 2.24) is 15.1 Å². The molecule has 0 unspecified atom stereocenters. The number of nitrogens with one attached hydrogen (secondary N) is 1. The zero-order chi connectivity index (χ0) is 23.6. The van der Waals surface area contributed by atoms with Crippen molar-refractivity contribution >= 4 is 39.9 Å². The van der Waals surface area contributed by atoms with Gasteiger partial charge in [-0.2, -0.15) is 0 Å². The van der Waals surface area contributed by atoms with Crippen LogP contribution < -0.4 is 10.1 Å². The third kappa shape index (κ3) is 7.83. The van der Waals surface area contributed by atoms with Gasteiger partial charge in [0.05, 0.1) is 0 Å². The Morgan fingerprint density at radius 3 is 2.48 bits per heavy atom. The standard InChI is InChI=1S/C24H27ClN4O3S/c1-3-4-14-29(22(31)16-32-20-11-9-19(25)10-12-20)15-13-21(30)26-24-28-27-23(33-24)18-7-5-17(2)6-8-18/h5-12H,3-4,13-16H2,1-2H3,(H,26,28,30). The number of aryl methyl sites for hydroxylation is 1. The van der Waals surface area contributed by atoms with Crippen LogP contribution in [0.15, 0.2) is 48.5 Å². The van der Waals surface area contributed by atoms with Gasteiger partial charge in [0.2, 0.25) is 11.0 Å². The third-order valence-corrected chi connectivity index (χ3v) is 6.03. The summed E-state index contributed by atoms with van der Waals surface area (Å²) in [4.78, 5) is 26.8. The van der Waals surface area contributed by atoms with Crippen LogP contribution in [-0.4, -0.2) is 46.6 Å². The van der Waals surface area contributed by atoms with Gasteiger partial charge in [-0.25, -0.2) is 0 Å². The minimum Gasteiger partial charge on any atom is -0.484 e. The van der Waals surface area contributed by atoms with Gasteiger partial charge in [-0.05, 0) is 37.6 Å². The molecule has 0 fully saturated rings. The lowest BCUT2D eigenvalue weighted by Gasteiger charge is -2.22. The Morgan fingerprint density at radius 1 is 1.06 bits per heavy atom. The average Bonchev–Trinajstić information content (AvgIpc) is 3.27. The summed E-state index contributed by atoms with van der Waals surface area (Å²) in [6, 6.07) is 14.8. The molecule has 174 valence electrons. The molecule has 9 heteroatoms. The van der Waals surface area contributed by atoms with Gasteiger partial charge in [0.1, 0.15) is 10.8 Å². The topological polar surface area (TPSA) is 84.4 Å². The minimum atomic E-state index is -0.213. The predicted molar refractivity (Wildman–Crippen MR) is 132 cm³/mol. The number of anilines is 1. The Balaban J connectivity index is 1.51. The summed E-state index contributed by atoms with van der Waals surface area (Å²) in [7, 11) is 0. The normalized spacial score (nSPS) is 10.6. The Labute approximate surface area is 202 Å². The highest BCUT2D eigenvalue weighted by Gasteiger charge is 2.16. The second-order valence-electron chi connectivity index (χ2n) is 7.55. The molecular weight excluding hydrogens is 460 g/mol. The number of ether oxygens (including phenoxy) is 1. The van der Waals surface area contributed by atoms with Crippen molar-refractivity contribution in [2.24, 2.45) is 0 Å². The van der Waals surface area contributed by atoms with Crippen LogP contribution in [0, 0.1) is 6.92 Å². The second-order valence-corrected chi connectivity index (χ2v) is 8.97. The van der Waals surface area contributed by atoms with Crippen molar-refractivity contribution in [1.29, 1.82) is 0 Å². The fraction of sp³-hybridized carbons (Fsp3) is 0.333. The molecule has 0 saturated carbocycles. The van der Waals surface area contributed by atoms with Crippen LogP contribution in [0.3, 0.4) is 0 Å². The van der Waals surface area contributed by atoms with E-state index in [1.54, 1.807) is 29.2 Å². The first-order valence-electron chi connectivity index (χ1n) is 10.8. The van der Waals surface area contributed by atoms with Gasteiger partial charge < -0.3 is 15.0 Å². The fourth-order valence-electron chi connectivity index (χ4n) is 2.98. The van der Waals surface area contributed by atoms with Gasteiger partial charge in [-0.15, -0.1) is 10.2 Å². The summed E-state index contributed by atoms with van der Waals surface area (Å²) < 4.78 is 5.57. The number of carbonyl (C=O) groups is 2. The average molecular weight is 487 g/mol. The smallest absolute Gasteiger partial charge is 0.260 e. The number of hydrogen-bond donors (Lipinski definition) is 1. The Morgan fingerprint density at radius 2 is 1.79 bits per heavy atom. The highest BCUT2D eigenvalue weighted by atomic mass is 35.5. The molecule has 0 bridgehead atoms. The van der Waals surface area contributed by atoms with Crippen molar-refractivity contribution in [3.8, 4) is 16.3 Å². The molecule has 1 N–H and O–H groups in total. The summed E-state index contributed by atoms with van der Waals surface area (Å²) in [5.41, 5.74) is 2.12. The van der Waals surface area contributed by atoms with E-state index in [2.05, 4.69) is 22.4 Å². The molecule has 0 saturated heterocycles. The number of nitrogens with zero attached hydrogens (tertiary/aromatic N) is 3. The van der Waals surface area contributed by atoms with Crippen molar-refractivity contribution in [3.63, 3.8) is 0 Å². The van der Waals surface area contributed by atoms with Crippen LogP contribution in [0.2, 0.25) is 5.02 Å². The molecule has 0 aliphatic heterocycles. The number of halogens is 1. The maximum Gasteiger partial charge on any atom is 0.260 e. The van der Waals surface area contributed by atoms with Gasteiger partial charge in [-0.1, -0.05) is 66.1 Å². The molecule has 2 aromatic carbocycles. The third-order valence-electron chi connectivity index (χ3n) is 4.89. The molecule has 0 aliphatic carbocycles. The molecule has 7 nitrogen and oxygen atoms in total. The summed E-state index contributed by atoms with van der Waals surface area (Å²) in [6.45, 7) is 4.86. The van der Waals surface area contributed by atoms with Crippen LogP contribution >= 0.6 is 22.9 Å². The predicted octanol–water partition coefficient (Wildman–Crippen LogP) is 5.20. The number of rotatable bonds is 11. The summed E-state index contributed by atoms with van der Waals surface area (Å²) in [5, 5.41) is 12.8. The van der Waals surface area contributed by atoms with E-state index in [1.807, 2.05) is 31.2 Å². The van der Waals surface area contributed by atoms with Gasteiger partial charge >= 0.3 is 0 Å². The molecule has 1 heterocycles. The number of unbranched alkanes of at least 4 members (excludes halogenated alkanes) is 1. The summed E-state index contributed by atoms with van der Waals surface area (Å²) in [5.74, 6) is 0.194. The van der Waals surface area contributed by atoms with E-state index in [0.29, 0.717) is 29.0 Å². The molecule has 0 radical (unpaired) electrons. The minimum absolute atomic E-state index is 0.0940. The van der Waals surface area contributed by atoms with Crippen molar-refractivity contribution in [2.45, 2.75) is 33.1 Å². The lowest BCUT2D eigenvalue weighted by Crippen LogP contribution is -2.37. The number of hydrogen-bond acceptors (Lipinski definition) is 6. The van der Waals surface area contributed by atoms with Crippen LogP contribution in [-0.2, 0) is 9.59 Å². The molecule has 0 spiro atoms. The van der Waals surface area contributed by atoms with Crippen molar-refractivity contribution in [3.05, 3.63) is 59.1 Å². The maximum atomic E-state index is 12.7. The quantitative estimate of drug-likeness (QED) is 0.402. The number of amides is 2. The van der Waals surface area contributed by atoms with E-state index in [1.165, 1.54) is 11.3 Å². The number of carbonyl (C=O) groups excluding carboxylic acids is 2. The van der Waals surface area contributed by atoms with E-state index < -0.39 is 0 Å². The molecule has 3 aromatic rings. The lowest BCUT2D eigenvalue weighted by atomic mass is 10.2. The SMILES string of the molecule is CCCCN(CCC(=O)Nc1nnc(-c2ccc(C)cc2)s1)C(=O)COc1ccc(Cl)cc1. The number of benzene rings is 2. The maximum absolute atomic E-state index is 12.7. The Hall–Kier alpha value is -2.97. The molecule has 0 atom stereocenters. The molecule has 3 rings (SSSR count). The highest BCUT2D eigenvalue weighted by Crippen LogP contribution is 2.26. The summed E-state index contributed by atoms with van der Waals surface area (Å²) in [6.07, 6.45) is 1.96. The molecule has 0 aliphatic rings. The van der Waals surface area contributed by atoms with E-state index in [9.17, 15) is 9.59 Å². The van der Waals surface area contributed by atoms with Gasteiger partial charge in [0.25, 0.3) is 5.91 Å².